The van der Waals surface area contributed by atoms with Gasteiger partial charge in [-0.15, -0.1) is 10.2 Å². The lowest BCUT2D eigenvalue weighted by atomic mass is 10.2. The average Bonchev–Trinajstić information content (AvgIpc) is 3.28. The maximum absolute atomic E-state index is 4.75. The van der Waals surface area contributed by atoms with Crippen LogP contribution in [0.15, 0.2) is 36.4 Å². The number of hydrogen-bond donors (Lipinski definition) is 0. The molecule has 0 aliphatic rings. The van der Waals surface area contributed by atoms with Crippen LogP contribution in [0.25, 0.3) is 27.1 Å². The van der Waals surface area contributed by atoms with Crippen LogP contribution in [-0.2, 0) is 13.0 Å². The first-order valence-electron chi connectivity index (χ1n) is 8.15. The second-order valence-electron chi connectivity index (χ2n) is 5.58. The molecule has 4 aromatic rings. The van der Waals surface area contributed by atoms with Gasteiger partial charge in [0.15, 0.2) is 10.8 Å². The molecule has 122 valence electrons. The first kappa shape index (κ1) is 15.0. The summed E-state index contributed by atoms with van der Waals surface area (Å²) in [6.07, 6.45) is 2.07. The summed E-state index contributed by atoms with van der Waals surface area (Å²) >= 11 is 1.54. The number of fused-ring (bicyclic) bond motifs is 1. The molecular weight excluding hydrogens is 320 g/mol. The third-order valence-electron chi connectivity index (χ3n) is 3.88. The predicted molar refractivity (Wildman–Crippen MR) is 95.0 cm³/mol. The molecule has 1 aromatic carbocycles. The fourth-order valence-corrected chi connectivity index (χ4v) is 3.61. The first-order chi connectivity index (χ1) is 11.8. The van der Waals surface area contributed by atoms with Crippen molar-refractivity contribution in [2.24, 2.45) is 0 Å². The highest BCUT2D eigenvalue weighted by Crippen LogP contribution is 2.28. The van der Waals surface area contributed by atoms with Gasteiger partial charge in [-0.3, -0.25) is 4.68 Å². The molecule has 3 heterocycles. The van der Waals surface area contributed by atoms with E-state index >= 15 is 0 Å². The summed E-state index contributed by atoms with van der Waals surface area (Å²) in [5, 5.41) is 18.9. The quantitative estimate of drug-likeness (QED) is 0.557. The molecule has 6 nitrogen and oxygen atoms in total. The van der Waals surface area contributed by atoms with Gasteiger partial charge in [-0.25, -0.2) is 0 Å². The summed E-state index contributed by atoms with van der Waals surface area (Å²) in [5.41, 5.74) is 3.18. The Morgan fingerprint density at radius 1 is 1.04 bits per heavy atom. The summed E-state index contributed by atoms with van der Waals surface area (Å²) in [7, 11) is 0. The SMILES string of the molecule is CCCc1cc(-c2nn3c(-c4ccccc4)nnc3s2)n(CC)n1. The van der Waals surface area contributed by atoms with Gasteiger partial charge in [-0.1, -0.05) is 55.0 Å². The van der Waals surface area contributed by atoms with E-state index in [4.69, 9.17) is 5.10 Å². The van der Waals surface area contributed by atoms with Crippen molar-refractivity contribution in [3.8, 4) is 22.1 Å². The Morgan fingerprint density at radius 2 is 1.88 bits per heavy atom. The fourth-order valence-electron chi connectivity index (χ4n) is 2.75. The van der Waals surface area contributed by atoms with Crippen molar-refractivity contribution in [2.45, 2.75) is 33.2 Å². The lowest BCUT2D eigenvalue weighted by Crippen LogP contribution is -2.00. The summed E-state index contributed by atoms with van der Waals surface area (Å²) in [6, 6.07) is 12.2. The predicted octanol–water partition coefficient (Wildman–Crippen LogP) is 3.69. The highest BCUT2D eigenvalue weighted by atomic mass is 32.1. The van der Waals surface area contributed by atoms with Gasteiger partial charge in [0.1, 0.15) is 0 Å². The molecular formula is C17H18N6S. The standard InChI is InChI=1S/C17H18N6S/c1-3-8-13-11-14(22(4-2)20-13)16-21-23-15(18-19-17(23)24-16)12-9-6-5-7-10-12/h5-7,9-11H,3-4,8H2,1-2H3. The summed E-state index contributed by atoms with van der Waals surface area (Å²) in [6.45, 7) is 5.09. The lowest BCUT2D eigenvalue weighted by molar-refractivity contribution is 0.649. The molecule has 0 aliphatic heterocycles. The van der Waals surface area contributed by atoms with Crippen molar-refractivity contribution in [3.05, 3.63) is 42.1 Å². The van der Waals surface area contributed by atoms with Crippen LogP contribution in [0.2, 0.25) is 0 Å². The fraction of sp³-hybridized carbons (Fsp3) is 0.294. The Labute approximate surface area is 143 Å². The number of aryl methyl sites for hydroxylation is 2. The Morgan fingerprint density at radius 3 is 2.62 bits per heavy atom. The molecule has 0 radical (unpaired) electrons. The normalized spacial score (nSPS) is 11.4. The van der Waals surface area contributed by atoms with Gasteiger partial charge in [0.2, 0.25) is 4.96 Å². The first-order valence-corrected chi connectivity index (χ1v) is 8.96. The van der Waals surface area contributed by atoms with Crippen LogP contribution in [0.3, 0.4) is 0 Å². The van der Waals surface area contributed by atoms with Crippen LogP contribution in [0.4, 0.5) is 0 Å². The Hall–Kier alpha value is -2.54. The maximum atomic E-state index is 4.75. The number of rotatable bonds is 5. The third kappa shape index (κ3) is 2.50. The van der Waals surface area contributed by atoms with Crippen molar-refractivity contribution in [1.82, 2.24) is 29.6 Å². The van der Waals surface area contributed by atoms with E-state index in [0.717, 1.165) is 52.1 Å². The van der Waals surface area contributed by atoms with Gasteiger partial charge >= 0.3 is 0 Å². The van der Waals surface area contributed by atoms with Crippen LogP contribution in [0.5, 0.6) is 0 Å². The second-order valence-corrected chi connectivity index (χ2v) is 6.53. The van der Waals surface area contributed by atoms with Crippen LogP contribution in [-0.4, -0.2) is 29.6 Å². The molecule has 0 amide bonds. The zero-order chi connectivity index (χ0) is 16.5. The number of nitrogens with zero attached hydrogens (tertiary/aromatic N) is 6. The number of aromatic nitrogens is 6. The van der Waals surface area contributed by atoms with E-state index in [1.165, 1.54) is 0 Å². The molecule has 7 heteroatoms. The average molecular weight is 338 g/mol. The van der Waals surface area contributed by atoms with E-state index < -0.39 is 0 Å². The minimum atomic E-state index is 0.768. The minimum absolute atomic E-state index is 0.768. The third-order valence-corrected chi connectivity index (χ3v) is 4.80. The van der Waals surface area contributed by atoms with Crippen molar-refractivity contribution >= 4 is 16.3 Å². The molecule has 0 N–H and O–H groups in total. The van der Waals surface area contributed by atoms with Crippen molar-refractivity contribution in [3.63, 3.8) is 0 Å². The van der Waals surface area contributed by atoms with Gasteiger partial charge in [0.25, 0.3) is 0 Å². The van der Waals surface area contributed by atoms with Crippen LogP contribution in [0.1, 0.15) is 26.0 Å². The summed E-state index contributed by atoms with van der Waals surface area (Å²) in [5.74, 6) is 0.768. The van der Waals surface area contributed by atoms with Gasteiger partial charge in [-0.2, -0.15) is 14.7 Å². The molecule has 24 heavy (non-hydrogen) atoms. The Kier molecular flexibility index (Phi) is 3.86. The van der Waals surface area contributed by atoms with E-state index in [-0.39, 0.29) is 0 Å². The highest BCUT2D eigenvalue weighted by Gasteiger charge is 2.17. The Bertz CT molecular complexity index is 966. The molecule has 3 aromatic heterocycles. The summed E-state index contributed by atoms with van der Waals surface area (Å²) < 4.78 is 3.83. The smallest absolute Gasteiger partial charge is 0.235 e. The van der Waals surface area contributed by atoms with Crippen LogP contribution in [0, 0.1) is 0 Å². The maximum Gasteiger partial charge on any atom is 0.235 e. The molecule has 0 saturated carbocycles. The zero-order valence-corrected chi connectivity index (χ0v) is 14.5. The van der Waals surface area contributed by atoms with E-state index in [9.17, 15) is 0 Å². The second kappa shape index (κ2) is 6.16. The number of benzene rings is 1. The highest BCUT2D eigenvalue weighted by molar-refractivity contribution is 7.19. The molecule has 0 unspecified atom stereocenters. The summed E-state index contributed by atoms with van der Waals surface area (Å²) in [4.78, 5) is 0.796. The molecule has 4 rings (SSSR count). The molecule has 0 bridgehead atoms. The molecule has 0 spiro atoms. The molecule has 0 fully saturated rings. The number of hydrogen-bond acceptors (Lipinski definition) is 5. The zero-order valence-electron chi connectivity index (χ0n) is 13.7. The topological polar surface area (TPSA) is 60.9 Å². The van der Waals surface area contributed by atoms with E-state index in [0.29, 0.717) is 0 Å². The van der Waals surface area contributed by atoms with Crippen molar-refractivity contribution in [2.75, 3.05) is 0 Å². The van der Waals surface area contributed by atoms with Crippen molar-refractivity contribution in [1.29, 1.82) is 0 Å². The minimum Gasteiger partial charge on any atom is -0.262 e. The monoisotopic (exact) mass is 338 g/mol. The lowest BCUT2D eigenvalue weighted by Gasteiger charge is -1.99. The molecule has 0 atom stereocenters. The largest absolute Gasteiger partial charge is 0.262 e. The van der Waals surface area contributed by atoms with Crippen molar-refractivity contribution < 1.29 is 0 Å². The van der Waals surface area contributed by atoms with Crippen LogP contribution >= 0.6 is 11.3 Å². The Balaban J connectivity index is 1.80. The van der Waals surface area contributed by atoms with Gasteiger partial charge in [0, 0.05) is 12.1 Å². The van der Waals surface area contributed by atoms with E-state index in [1.54, 1.807) is 11.3 Å². The van der Waals surface area contributed by atoms with E-state index in [2.05, 4.69) is 35.2 Å². The van der Waals surface area contributed by atoms with Gasteiger partial charge < -0.3 is 0 Å². The van der Waals surface area contributed by atoms with Crippen LogP contribution < -0.4 is 0 Å². The molecule has 0 aliphatic carbocycles. The molecule has 0 saturated heterocycles. The van der Waals surface area contributed by atoms with Gasteiger partial charge in [-0.05, 0) is 19.4 Å². The van der Waals surface area contributed by atoms with E-state index in [1.807, 2.05) is 39.5 Å². The van der Waals surface area contributed by atoms with Gasteiger partial charge in [0.05, 0.1) is 11.4 Å².